The number of rotatable bonds is 7. The predicted molar refractivity (Wildman–Crippen MR) is 133 cm³/mol. The van der Waals surface area contributed by atoms with E-state index in [4.69, 9.17) is 9.84 Å². The van der Waals surface area contributed by atoms with Crippen LogP contribution in [-0.4, -0.2) is 69.2 Å². The van der Waals surface area contributed by atoms with Gasteiger partial charge in [-0.1, -0.05) is 0 Å². The molecule has 1 atom stereocenters. The van der Waals surface area contributed by atoms with Crippen molar-refractivity contribution in [2.24, 2.45) is 17.8 Å². The van der Waals surface area contributed by atoms with Crippen molar-refractivity contribution in [3.05, 3.63) is 0 Å². The fraction of sp³-hybridized carbons (Fsp3) is 0.926. The molecule has 2 rings (SSSR count). The molecule has 2 aliphatic heterocycles. The molecule has 0 saturated carbocycles. The molecular formula is C27H50N2O4. The molecule has 0 aromatic carbocycles. The Morgan fingerprint density at radius 2 is 1.15 bits per heavy atom. The van der Waals surface area contributed by atoms with Crippen molar-refractivity contribution < 1.29 is 19.4 Å². The van der Waals surface area contributed by atoms with E-state index in [2.05, 4.69) is 79.3 Å². The highest BCUT2D eigenvalue weighted by Gasteiger charge is 2.50. The fourth-order valence-electron chi connectivity index (χ4n) is 7.09. The van der Waals surface area contributed by atoms with E-state index >= 15 is 0 Å². The molecule has 0 bridgehead atoms. The number of hydrogen-bond acceptors (Lipinski definition) is 5. The van der Waals surface area contributed by atoms with Gasteiger partial charge >= 0.3 is 11.9 Å². The quantitative estimate of drug-likeness (QED) is 0.411. The molecule has 0 aromatic rings. The molecule has 192 valence electrons. The third-order valence-corrected chi connectivity index (χ3v) is 9.12. The number of likely N-dealkylation sites (tertiary alicyclic amines) is 2. The Hall–Kier alpha value is -1.14. The van der Waals surface area contributed by atoms with Crippen LogP contribution in [0, 0.1) is 17.8 Å². The van der Waals surface area contributed by atoms with Gasteiger partial charge in [-0.05, 0) is 126 Å². The van der Waals surface area contributed by atoms with E-state index in [9.17, 15) is 9.59 Å². The Labute approximate surface area is 202 Å². The van der Waals surface area contributed by atoms with Crippen LogP contribution in [0.3, 0.4) is 0 Å². The number of aliphatic carboxylic acids is 1. The number of carboxylic acids is 1. The number of hydrogen-bond donors (Lipinski definition) is 1. The highest BCUT2D eigenvalue weighted by atomic mass is 16.5. The van der Waals surface area contributed by atoms with Crippen molar-refractivity contribution in [2.75, 3.05) is 14.1 Å². The summed E-state index contributed by atoms with van der Waals surface area (Å²) in [7, 11) is 4.48. The maximum Gasteiger partial charge on any atom is 0.317 e. The lowest BCUT2D eigenvalue weighted by Gasteiger charge is -2.59. The van der Waals surface area contributed by atoms with Crippen LogP contribution in [0.15, 0.2) is 0 Å². The second-order valence-corrected chi connectivity index (χ2v) is 13.5. The van der Waals surface area contributed by atoms with Gasteiger partial charge < -0.3 is 9.84 Å². The third kappa shape index (κ3) is 6.50. The summed E-state index contributed by atoms with van der Waals surface area (Å²) >= 11 is 0. The van der Waals surface area contributed by atoms with E-state index in [-0.39, 0.29) is 28.3 Å². The van der Waals surface area contributed by atoms with Gasteiger partial charge in [0.05, 0.1) is 6.10 Å². The second kappa shape index (κ2) is 9.49. The van der Waals surface area contributed by atoms with Crippen molar-refractivity contribution in [1.29, 1.82) is 0 Å². The summed E-state index contributed by atoms with van der Waals surface area (Å²) in [6, 6.07) is 0. The number of esters is 1. The van der Waals surface area contributed by atoms with Gasteiger partial charge in [0, 0.05) is 22.2 Å². The number of ether oxygens (including phenoxy) is 1. The Bertz CT molecular complexity index is 650. The number of piperidine rings is 2. The minimum Gasteiger partial charge on any atom is -0.481 e. The number of nitrogens with zero attached hydrogens (tertiary/aromatic N) is 2. The van der Waals surface area contributed by atoms with E-state index in [1.54, 1.807) is 0 Å². The normalized spacial score (nSPS) is 26.8. The van der Waals surface area contributed by atoms with E-state index in [1.807, 2.05) is 6.92 Å². The van der Waals surface area contributed by atoms with Crippen LogP contribution in [0.25, 0.3) is 0 Å². The zero-order valence-electron chi connectivity index (χ0n) is 23.1. The summed E-state index contributed by atoms with van der Waals surface area (Å²) in [5, 5.41) is 8.96. The van der Waals surface area contributed by atoms with Gasteiger partial charge in [0.25, 0.3) is 0 Å². The molecule has 0 spiro atoms. The second-order valence-electron chi connectivity index (χ2n) is 13.5. The molecule has 6 nitrogen and oxygen atoms in total. The van der Waals surface area contributed by atoms with E-state index in [0.29, 0.717) is 17.8 Å². The van der Waals surface area contributed by atoms with Gasteiger partial charge in [-0.3, -0.25) is 19.4 Å². The number of carbonyl (C=O) groups excluding carboxylic acids is 1. The first-order valence-electron chi connectivity index (χ1n) is 12.7. The SMILES string of the molecule is CC(CC(C1CC(C)(C)N(C)C(C)(C)C1)C1CC(C)(C)N(C)C(C)(C)C1)OC(=O)CC(=O)O. The summed E-state index contributed by atoms with van der Waals surface area (Å²) in [4.78, 5) is 28.1. The summed E-state index contributed by atoms with van der Waals surface area (Å²) in [6.07, 6.45) is 4.37. The van der Waals surface area contributed by atoms with Crippen LogP contribution in [0.1, 0.15) is 101 Å². The zero-order chi connectivity index (χ0) is 25.6. The molecule has 0 aromatic heterocycles. The first-order valence-corrected chi connectivity index (χ1v) is 12.7. The molecule has 0 aliphatic carbocycles. The number of carboxylic acid groups (broad SMARTS) is 1. The topological polar surface area (TPSA) is 70.1 Å². The Morgan fingerprint density at radius 3 is 1.45 bits per heavy atom. The van der Waals surface area contributed by atoms with Gasteiger partial charge in [0.15, 0.2) is 0 Å². The van der Waals surface area contributed by atoms with Crippen molar-refractivity contribution in [1.82, 2.24) is 9.80 Å². The summed E-state index contributed by atoms with van der Waals surface area (Å²) < 4.78 is 5.58. The smallest absolute Gasteiger partial charge is 0.317 e. The molecule has 0 amide bonds. The lowest BCUT2D eigenvalue weighted by atomic mass is 9.60. The molecule has 2 aliphatic rings. The fourth-order valence-corrected chi connectivity index (χ4v) is 7.09. The van der Waals surface area contributed by atoms with Crippen LogP contribution >= 0.6 is 0 Å². The molecule has 0 radical (unpaired) electrons. The van der Waals surface area contributed by atoms with Crippen LogP contribution in [-0.2, 0) is 14.3 Å². The first-order chi connectivity index (χ1) is 14.8. The van der Waals surface area contributed by atoms with Crippen LogP contribution in [0.5, 0.6) is 0 Å². The standard InChI is InChI=1S/C27H50N2O4/c1-18(33-23(32)13-22(30)31)12-21(19-14-24(2,3)28(10)25(4,5)15-19)20-16-26(6,7)29(11)27(8,9)17-20/h18-21H,12-17H2,1-11H3,(H,30,31). The average molecular weight is 467 g/mol. The predicted octanol–water partition coefficient (Wildman–Crippen LogP) is 5.20. The highest BCUT2D eigenvalue weighted by Crippen LogP contribution is 2.51. The van der Waals surface area contributed by atoms with E-state index in [1.165, 1.54) is 0 Å². The molecule has 6 heteroatoms. The molecular weight excluding hydrogens is 416 g/mol. The highest BCUT2D eigenvalue weighted by molar-refractivity contribution is 5.90. The molecule has 33 heavy (non-hydrogen) atoms. The summed E-state index contributed by atoms with van der Waals surface area (Å²) in [5.41, 5.74) is 0.351. The first kappa shape index (κ1) is 28.1. The maximum atomic E-state index is 12.1. The number of carbonyl (C=O) groups is 2. The third-order valence-electron chi connectivity index (χ3n) is 9.12. The van der Waals surface area contributed by atoms with Gasteiger partial charge in [-0.2, -0.15) is 0 Å². The van der Waals surface area contributed by atoms with Gasteiger partial charge in [-0.15, -0.1) is 0 Å². The minimum absolute atomic E-state index is 0.0877. The van der Waals surface area contributed by atoms with Crippen molar-refractivity contribution in [3.63, 3.8) is 0 Å². The Kier molecular flexibility index (Phi) is 8.08. The minimum atomic E-state index is -1.14. The van der Waals surface area contributed by atoms with Gasteiger partial charge in [0.1, 0.15) is 6.42 Å². The van der Waals surface area contributed by atoms with Gasteiger partial charge in [0.2, 0.25) is 0 Å². The average Bonchev–Trinajstić information content (AvgIpc) is 2.60. The largest absolute Gasteiger partial charge is 0.481 e. The van der Waals surface area contributed by atoms with E-state index in [0.717, 1.165) is 32.1 Å². The van der Waals surface area contributed by atoms with Gasteiger partial charge in [-0.25, -0.2) is 0 Å². The summed E-state index contributed by atoms with van der Waals surface area (Å²) in [6.45, 7) is 20.7. The Balaban J connectivity index is 2.36. The maximum absolute atomic E-state index is 12.1. The Morgan fingerprint density at radius 1 is 0.818 bits per heavy atom. The molecule has 2 saturated heterocycles. The van der Waals surface area contributed by atoms with Crippen LogP contribution < -0.4 is 0 Å². The molecule has 2 heterocycles. The lowest BCUT2D eigenvalue weighted by Crippen LogP contribution is -2.62. The van der Waals surface area contributed by atoms with Crippen LogP contribution in [0.4, 0.5) is 0 Å². The summed E-state index contributed by atoms with van der Waals surface area (Å²) in [5.74, 6) is -0.320. The van der Waals surface area contributed by atoms with Crippen molar-refractivity contribution >= 4 is 11.9 Å². The lowest BCUT2D eigenvalue weighted by molar-refractivity contribution is -0.156. The van der Waals surface area contributed by atoms with E-state index < -0.39 is 18.4 Å². The molecule has 2 fully saturated rings. The molecule has 1 N–H and O–H groups in total. The van der Waals surface area contributed by atoms with Crippen molar-refractivity contribution in [2.45, 2.75) is 129 Å². The van der Waals surface area contributed by atoms with Crippen molar-refractivity contribution in [3.8, 4) is 0 Å². The van der Waals surface area contributed by atoms with Crippen LogP contribution in [0.2, 0.25) is 0 Å². The zero-order valence-corrected chi connectivity index (χ0v) is 23.1. The monoisotopic (exact) mass is 466 g/mol. The molecule has 1 unspecified atom stereocenters.